The first-order valence-corrected chi connectivity index (χ1v) is 13.0. The van der Waals surface area contributed by atoms with Crippen LogP contribution >= 0.6 is 0 Å². The van der Waals surface area contributed by atoms with Crippen LogP contribution in [0.4, 0.5) is 30.7 Å². The first-order valence-electron chi connectivity index (χ1n) is 13.0. The molecular weight excluding hydrogens is 555 g/mol. The quantitative estimate of drug-likeness (QED) is 0.264. The lowest BCUT2D eigenvalue weighted by atomic mass is 9.73. The van der Waals surface area contributed by atoms with Crippen molar-refractivity contribution in [1.82, 2.24) is 4.90 Å². The predicted octanol–water partition coefficient (Wildman–Crippen LogP) is 6.85. The Bertz CT molecular complexity index is 1220. The van der Waals surface area contributed by atoms with E-state index in [1.807, 2.05) is 30.3 Å². The SMILES string of the molecule is OC(COc1ccc(F)cc1)CN1CCC(COCc2cc(C(F)(F)F)cc(C(F)(F)F)c2)(c2ccccc2)CC1. The van der Waals surface area contributed by atoms with Crippen molar-refractivity contribution in [3.63, 3.8) is 0 Å². The summed E-state index contributed by atoms with van der Waals surface area (Å²) < 4.78 is 104. The third kappa shape index (κ3) is 8.43. The van der Waals surface area contributed by atoms with Crippen LogP contribution in [-0.2, 0) is 29.1 Å². The van der Waals surface area contributed by atoms with Gasteiger partial charge in [0.05, 0.1) is 24.3 Å². The number of alkyl halides is 6. The highest BCUT2D eigenvalue weighted by molar-refractivity contribution is 5.33. The van der Waals surface area contributed by atoms with Gasteiger partial charge >= 0.3 is 12.4 Å². The van der Waals surface area contributed by atoms with Crippen LogP contribution < -0.4 is 4.74 Å². The highest BCUT2D eigenvalue weighted by Crippen LogP contribution is 2.38. The standard InChI is InChI=1S/C30H30F7NO3/c31-25-6-8-27(9-7-25)41-19-26(39)17-38-12-10-28(11-13-38,22-4-2-1-3-5-22)20-40-18-21-14-23(29(32,33)34)16-24(15-21)30(35,36)37/h1-9,14-16,26,39H,10-13,17-20H2. The third-order valence-corrected chi connectivity index (χ3v) is 7.22. The molecule has 0 bridgehead atoms. The van der Waals surface area contributed by atoms with Gasteiger partial charge < -0.3 is 19.5 Å². The fourth-order valence-electron chi connectivity index (χ4n) is 5.01. The molecule has 0 saturated carbocycles. The Labute approximate surface area is 233 Å². The number of nitrogens with zero attached hydrogens (tertiary/aromatic N) is 1. The number of halogens is 7. The Kier molecular flexibility index (Phi) is 9.61. The summed E-state index contributed by atoms with van der Waals surface area (Å²) in [6.45, 7) is 1.19. The van der Waals surface area contributed by atoms with E-state index < -0.39 is 47.4 Å². The van der Waals surface area contributed by atoms with Gasteiger partial charge in [0.1, 0.15) is 24.3 Å². The van der Waals surface area contributed by atoms with Gasteiger partial charge in [0.15, 0.2) is 0 Å². The zero-order valence-electron chi connectivity index (χ0n) is 22.0. The van der Waals surface area contributed by atoms with Crippen LogP contribution in [-0.4, -0.2) is 49.0 Å². The molecule has 0 spiro atoms. The van der Waals surface area contributed by atoms with E-state index >= 15 is 0 Å². The summed E-state index contributed by atoms with van der Waals surface area (Å²) in [5.41, 5.74) is -2.52. The highest BCUT2D eigenvalue weighted by Gasteiger charge is 2.38. The van der Waals surface area contributed by atoms with E-state index in [9.17, 15) is 35.8 Å². The summed E-state index contributed by atoms with van der Waals surface area (Å²) in [5, 5.41) is 10.5. The smallest absolute Gasteiger partial charge is 0.416 e. The number of β-amino-alcohol motifs (C(OH)–C–C–N with tert-alkyl or cyclic N) is 1. The van der Waals surface area contributed by atoms with Gasteiger partial charge in [-0.05, 0) is 79.5 Å². The molecular formula is C30H30F7NO3. The van der Waals surface area contributed by atoms with E-state index in [0.717, 1.165) is 5.56 Å². The molecule has 4 rings (SSSR count). The lowest BCUT2D eigenvalue weighted by molar-refractivity contribution is -0.143. The van der Waals surface area contributed by atoms with Crippen LogP contribution in [0.1, 0.15) is 35.1 Å². The maximum atomic E-state index is 13.3. The second-order valence-electron chi connectivity index (χ2n) is 10.3. The maximum Gasteiger partial charge on any atom is 0.416 e. The molecule has 1 aliphatic rings. The zero-order chi connectivity index (χ0) is 29.7. The van der Waals surface area contributed by atoms with Crippen molar-refractivity contribution in [3.05, 3.63) is 101 Å². The molecule has 1 heterocycles. The molecule has 1 N–H and O–H groups in total. The number of hydrogen-bond acceptors (Lipinski definition) is 4. The Morgan fingerprint density at radius 2 is 1.41 bits per heavy atom. The number of benzene rings is 3. The van der Waals surface area contributed by atoms with Gasteiger partial charge in [-0.1, -0.05) is 30.3 Å². The molecule has 11 heteroatoms. The highest BCUT2D eigenvalue weighted by atomic mass is 19.4. The summed E-state index contributed by atoms with van der Waals surface area (Å²) >= 11 is 0. The number of hydrogen-bond donors (Lipinski definition) is 1. The molecule has 1 atom stereocenters. The van der Waals surface area contributed by atoms with Crippen molar-refractivity contribution in [1.29, 1.82) is 0 Å². The van der Waals surface area contributed by atoms with E-state index in [4.69, 9.17) is 9.47 Å². The topological polar surface area (TPSA) is 41.9 Å². The van der Waals surface area contributed by atoms with Crippen molar-refractivity contribution in [2.75, 3.05) is 32.8 Å². The molecule has 41 heavy (non-hydrogen) atoms. The fraction of sp³-hybridized carbons (Fsp3) is 0.400. The second kappa shape index (κ2) is 12.8. The molecule has 0 aromatic heterocycles. The number of piperidine rings is 1. The number of ether oxygens (including phenoxy) is 2. The zero-order valence-corrected chi connectivity index (χ0v) is 22.0. The maximum absolute atomic E-state index is 13.3. The lowest BCUT2D eigenvalue weighted by Crippen LogP contribution is -2.47. The van der Waals surface area contributed by atoms with Crippen molar-refractivity contribution < 1.29 is 45.3 Å². The van der Waals surface area contributed by atoms with Crippen LogP contribution in [0.15, 0.2) is 72.8 Å². The van der Waals surface area contributed by atoms with Gasteiger partial charge in [0, 0.05) is 12.0 Å². The molecule has 3 aromatic rings. The van der Waals surface area contributed by atoms with Crippen molar-refractivity contribution in [2.45, 2.75) is 43.3 Å². The normalized spacial score (nSPS) is 16.9. The minimum absolute atomic E-state index is 0.0198. The van der Waals surface area contributed by atoms with E-state index in [1.54, 1.807) is 0 Å². The molecule has 222 valence electrons. The van der Waals surface area contributed by atoms with E-state index in [-0.39, 0.29) is 24.8 Å². The summed E-state index contributed by atoms with van der Waals surface area (Å²) in [6, 6.07) is 16.4. The van der Waals surface area contributed by atoms with Gasteiger partial charge in [0.25, 0.3) is 0 Å². The van der Waals surface area contributed by atoms with Gasteiger partial charge in [-0.3, -0.25) is 0 Å². The van der Waals surface area contributed by atoms with Gasteiger partial charge in [-0.25, -0.2) is 4.39 Å². The number of aliphatic hydroxyl groups is 1. The first-order chi connectivity index (χ1) is 19.3. The molecule has 3 aromatic carbocycles. The summed E-state index contributed by atoms with van der Waals surface area (Å²) in [4.78, 5) is 2.06. The molecule has 1 fully saturated rings. The first kappa shape index (κ1) is 30.8. The van der Waals surface area contributed by atoms with E-state index in [0.29, 0.717) is 50.4 Å². The van der Waals surface area contributed by atoms with Crippen LogP contribution in [0.25, 0.3) is 0 Å². The van der Waals surface area contributed by atoms with Crippen molar-refractivity contribution in [3.8, 4) is 5.75 Å². The summed E-state index contributed by atoms with van der Waals surface area (Å²) in [6.07, 6.45) is -9.46. The van der Waals surface area contributed by atoms with E-state index in [2.05, 4.69) is 4.90 Å². The fourth-order valence-corrected chi connectivity index (χ4v) is 5.01. The Morgan fingerprint density at radius 3 is 1.98 bits per heavy atom. The molecule has 1 aliphatic heterocycles. The molecule has 4 nitrogen and oxygen atoms in total. The molecule has 0 aliphatic carbocycles. The van der Waals surface area contributed by atoms with Crippen LogP contribution in [0.5, 0.6) is 5.75 Å². The van der Waals surface area contributed by atoms with Crippen LogP contribution in [0, 0.1) is 5.82 Å². The third-order valence-electron chi connectivity index (χ3n) is 7.22. The molecule has 0 amide bonds. The van der Waals surface area contributed by atoms with Gasteiger partial charge in [-0.2, -0.15) is 26.3 Å². The van der Waals surface area contributed by atoms with Gasteiger partial charge in [0.2, 0.25) is 0 Å². The molecule has 1 saturated heterocycles. The van der Waals surface area contributed by atoms with E-state index in [1.165, 1.54) is 24.3 Å². The predicted molar refractivity (Wildman–Crippen MR) is 138 cm³/mol. The number of rotatable bonds is 10. The second-order valence-corrected chi connectivity index (χ2v) is 10.3. The minimum Gasteiger partial charge on any atom is -0.491 e. The monoisotopic (exact) mass is 585 g/mol. The number of likely N-dealkylation sites (tertiary alicyclic amines) is 1. The summed E-state index contributed by atoms with van der Waals surface area (Å²) in [7, 11) is 0. The summed E-state index contributed by atoms with van der Waals surface area (Å²) in [5.74, 6) is 0.0467. The lowest BCUT2D eigenvalue weighted by Gasteiger charge is -2.42. The molecule has 1 unspecified atom stereocenters. The Morgan fingerprint density at radius 1 is 0.829 bits per heavy atom. The minimum atomic E-state index is -4.93. The Balaban J connectivity index is 1.39. The van der Waals surface area contributed by atoms with Crippen LogP contribution in [0.2, 0.25) is 0 Å². The number of aliphatic hydroxyl groups excluding tert-OH is 1. The Hall–Kier alpha value is -3.15. The molecule has 0 radical (unpaired) electrons. The largest absolute Gasteiger partial charge is 0.491 e. The average molecular weight is 586 g/mol. The van der Waals surface area contributed by atoms with Crippen molar-refractivity contribution >= 4 is 0 Å². The van der Waals surface area contributed by atoms with Crippen molar-refractivity contribution in [2.24, 2.45) is 0 Å². The van der Waals surface area contributed by atoms with Crippen LogP contribution in [0.3, 0.4) is 0 Å². The average Bonchev–Trinajstić information content (AvgIpc) is 2.93. The van der Waals surface area contributed by atoms with Gasteiger partial charge in [-0.15, -0.1) is 0 Å².